The summed E-state index contributed by atoms with van der Waals surface area (Å²) in [6.45, 7) is 8.67. The molecule has 0 aromatic heterocycles. The highest BCUT2D eigenvalue weighted by Crippen LogP contribution is 2.15. The standard InChI is InChI=1S/C20H20O10/c1-10(2)18(25)28-8-13(9-29-19(26)11(3)4)30-20(27)12-5-6-14(16(21)22)15(7-12)17(23)24/h5-7,13H,1,3,8-9H2,2,4H3,(H,21,22)(H,23,24). The molecule has 1 aromatic rings. The third-order valence-corrected chi connectivity index (χ3v) is 3.49. The van der Waals surface area contributed by atoms with Gasteiger partial charge >= 0.3 is 29.8 Å². The summed E-state index contributed by atoms with van der Waals surface area (Å²) in [4.78, 5) is 57.9. The molecule has 0 aliphatic rings. The van der Waals surface area contributed by atoms with E-state index in [-0.39, 0.29) is 16.7 Å². The van der Waals surface area contributed by atoms with Crippen molar-refractivity contribution in [3.05, 3.63) is 59.2 Å². The number of carboxylic acids is 2. The molecule has 0 amide bonds. The number of hydrogen-bond acceptors (Lipinski definition) is 8. The fourth-order valence-corrected chi connectivity index (χ4v) is 1.95. The molecular weight excluding hydrogens is 400 g/mol. The maximum absolute atomic E-state index is 12.4. The van der Waals surface area contributed by atoms with Gasteiger partial charge in [-0.25, -0.2) is 24.0 Å². The van der Waals surface area contributed by atoms with Crippen molar-refractivity contribution in [3.63, 3.8) is 0 Å². The molecule has 0 saturated carbocycles. The second kappa shape index (κ2) is 10.6. The van der Waals surface area contributed by atoms with E-state index in [1.807, 2.05) is 0 Å². The van der Waals surface area contributed by atoms with Crippen LogP contribution in [0.4, 0.5) is 0 Å². The lowest BCUT2D eigenvalue weighted by Crippen LogP contribution is -2.31. The predicted octanol–water partition coefficient (Wildman–Crippen LogP) is 1.85. The highest BCUT2D eigenvalue weighted by atomic mass is 16.6. The first kappa shape index (κ1) is 24.1. The van der Waals surface area contributed by atoms with Crippen LogP contribution in [0, 0.1) is 0 Å². The van der Waals surface area contributed by atoms with Gasteiger partial charge in [0.05, 0.1) is 16.7 Å². The van der Waals surface area contributed by atoms with Crippen LogP contribution in [0.25, 0.3) is 0 Å². The van der Waals surface area contributed by atoms with Crippen molar-refractivity contribution in [3.8, 4) is 0 Å². The van der Waals surface area contributed by atoms with E-state index in [9.17, 15) is 24.0 Å². The number of ether oxygens (including phenoxy) is 3. The van der Waals surface area contributed by atoms with Gasteiger partial charge in [-0.05, 0) is 32.0 Å². The summed E-state index contributed by atoms with van der Waals surface area (Å²) in [5, 5.41) is 18.2. The molecule has 0 unspecified atom stereocenters. The van der Waals surface area contributed by atoms with Crippen LogP contribution < -0.4 is 0 Å². The van der Waals surface area contributed by atoms with Gasteiger partial charge in [-0.2, -0.15) is 0 Å². The molecule has 160 valence electrons. The first-order valence-corrected chi connectivity index (χ1v) is 8.40. The third-order valence-electron chi connectivity index (χ3n) is 3.49. The maximum Gasteiger partial charge on any atom is 0.338 e. The second-order valence-corrected chi connectivity index (χ2v) is 6.16. The van der Waals surface area contributed by atoms with Crippen molar-refractivity contribution < 1.29 is 48.4 Å². The zero-order valence-corrected chi connectivity index (χ0v) is 16.3. The first-order chi connectivity index (χ1) is 13.9. The molecule has 30 heavy (non-hydrogen) atoms. The van der Waals surface area contributed by atoms with Crippen LogP contribution in [0.2, 0.25) is 0 Å². The molecular formula is C20H20O10. The molecule has 1 aromatic carbocycles. The highest BCUT2D eigenvalue weighted by molar-refractivity contribution is 6.04. The number of benzene rings is 1. The van der Waals surface area contributed by atoms with Crippen LogP contribution in [0.15, 0.2) is 42.5 Å². The van der Waals surface area contributed by atoms with Gasteiger partial charge in [-0.15, -0.1) is 0 Å². The Morgan fingerprint density at radius 3 is 1.73 bits per heavy atom. The highest BCUT2D eigenvalue weighted by Gasteiger charge is 2.23. The van der Waals surface area contributed by atoms with Gasteiger partial charge in [-0.1, -0.05) is 13.2 Å². The van der Waals surface area contributed by atoms with E-state index in [1.54, 1.807) is 0 Å². The predicted molar refractivity (Wildman–Crippen MR) is 101 cm³/mol. The number of carbonyl (C=O) groups excluding carboxylic acids is 3. The van der Waals surface area contributed by atoms with Crippen LogP contribution in [0.5, 0.6) is 0 Å². The van der Waals surface area contributed by atoms with Crippen LogP contribution in [-0.4, -0.2) is 59.4 Å². The molecule has 0 saturated heterocycles. The molecule has 0 spiro atoms. The van der Waals surface area contributed by atoms with Gasteiger partial charge in [0.25, 0.3) is 0 Å². The van der Waals surface area contributed by atoms with Gasteiger partial charge < -0.3 is 24.4 Å². The molecule has 10 nitrogen and oxygen atoms in total. The van der Waals surface area contributed by atoms with Crippen LogP contribution >= 0.6 is 0 Å². The lowest BCUT2D eigenvalue weighted by Gasteiger charge is -2.18. The van der Waals surface area contributed by atoms with Crippen molar-refractivity contribution in [2.75, 3.05) is 13.2 Å². The maximum atomic E-state index is 12.4. The Labute approximate surface area is 171 Å². The Hall–Kier alpha value is -3.95. The Bertz CT molecular complexity index is 882. The molecule has 0 heterocycles. The van der Waals surface area contributed by atoms with Crippen molar-refractivity contribution in [1.29, 1.82) is 0 Å². The van der Waals surface area contributed by atoms with E-state index >= 15 is 0 Å². The number of carbonyl (C=O) groups is 5. The zero-order valence-electron chi connectivity index (χ0n) is 16.3. The molecule has 0 bridgehead atoms. The van der Waals surface area contributed by atoms with Crippen molar-refractivity contribution in [1.82, 2.24) is 0 Å². The van der Waals surface area contributed by atoms with Crippen LogP contribution in [0.1, 0.15) is 44.9 Å². The largest absolute Gasteiger partial charge is 0.478 e. The Kier molecular flexibility index (Phi) is 8.48. The van der Waals surface area contributed by atoms with Gasteiger partial charge in [0, 0.05) is 11.1 Å². The Balaban J connectivity index is 3.02. The van der Waals surface area contributed by atoms with Crippen LogP contribution in [0.3, 0.4) is 0 Å². The van der Waals surface area contributed by atoms with Gasteiger partial charge in [0.15, 0.2) is 6.10 Å². The first-order valence-electron chi connectivity index (χ1n) is 8.40. The van der Waals surface area contributed by atoms with Gasteiger partial charge in [-0.3, -0.25) is 0 Å². The average Bonchev–Trinajstić information content (AvgIpc) is 2.68. The lowest BCUT2D eigenvalue weighted by molar-refractivity contribution is -0.148. The van der Waals surface area contributed by atoms with E-state index in [1.165, 1.54) is 13.8 Å². The average molecular weight is 420 g/mol. The molecule has 10 heteroatoms. The number of rotatable bonds is 10. The SMILES string of the molecule is C=C(C)C(=O)OCC(COC(=O)C(=C)C)OC(=O)c1ccc(C(=O)O)c(C(=O)O)c1. The second-order valence-electron chi connectivity index (χ2n) is 6.16. The van der Waals surface area contributed by atoms with E-state index in [2.05, 4.69) is 13.2 Å². The minimum Gasteiger partial charge on any atom is -0.478 e. The normalized spacial score (nSPS) is 10.1. The summed E-state index contributed by atoms with van der Waals surface area (Å²) in [5.41, 5.74) is -1.21. The number of hydrogen-bond donors (Lipinski definition) is 2. The fourth-order valence-electron chi connectivity index (χ4n) is 1.95. The van der Waals surface area contributed by atoms with E-state index in [0.29, 0.717) is 0 Å². The molecule has 0 radical (unpaired) electrons. The van der Waals surface area contributed by atoms with Gasteiger partial charge in [0.1, 0.15) is 13.2 Å². The summed E-state index contributed by atoms with van der Waals surface area (Å²) in [7, 11) is 0. The zero-order chi connectivity index (χ0) is 23.0. The molecule has 0 atom stereocenters. The monoisotopic (exact) mass is 420 g/mol. The summed E-state index contributed by atoms with van der Waals surface area (Å²) in [5.74, 6) is -5.60. The molecule has 0 fully saturated rings. The minimum absolute atomic E-state index is 0.0920. The topological polar surface area (TPSA) is 154 Å². The van der Waals surface area contributed by atoms with Crippen LogP contribution in [-0.2, 0) is 23.8 Å². The van der Waals surface area contributed by atoms with E-state index in [4.69, 9.17) is 24.4 Å². The third kappa shape index (κ3) is 6.89. The molecule has 2 N–H and O–H groups in total. The number of aromatic carboxylic acids is 2. The number of esters is 3. The van der Waals surface area contributed by atoms with Gasteiger partial charge in [0.2, 0.25) is 0 Å². The van der Waals surface area contributed by atoms with E-state index in [0.717, 1.165) is 18.2 Å². The lowest BCUT2D eigenvalue weighted by atomic mass is 10.0. The minimum atomic E-state index is -1.55. The number of carboxylic acid groups (broad SMARTS) is 2. The molecule has 1 rings (SSSR count). The van der Waals surface area contributed by atoms with Crippen molar-refractivity contribution >= 4 is 29.8 Å². The summed E-state index contributed by atoms with van der Waals surface area (Å²) < 4.78 is 15.0. The fraction of sp³-hybridized carbons (Fsp3) is 0.250. The Morgan fingerprint density at radius 2 is 1.33 bits per heavy atom. The quantitative estimate of drug-likeness (QED) is 0.325. The Morgan fingerprint density at radius 1 is 0.867 bits per heavy atom. The smallest absolute Gasteiger partial charge is 0.338 e. The van der Waals surface area contributed by atoms with E-state index < -0.39 is 60.3 Å². The van der Waals surface area contributed by atoms with Crippen molar-refractivity contribution in [2.24, 2.45) is 0 Å². The summed E-state index contributed by atoms with van der Waals surface area (Å²) in [6.07, 6.45) is -1.23. The molecule has 0 aliphatic heterocycles. The summed E-state index contributed by atoms with van der Waals surface area (Å²) in [6, 6.07) is 2.85. The molecule has 0 aliphatic carbocycles. The van der Waals surface area contributed by atoms with Crippen molar-refractivity contribution in [2.45, 2.75) is 20.0 Å². The summed E-state index contributed by atoms with van der Waals surface area (Å²) >= 11 is 0.